The molecule has 2 heterocycles. The van der Waals surface area contributed by atoms with Crippen molar-refractivity contribution in [1.82, 2.24) is 24.6 Å². The summed E-state index contributed by atoms with van der Waals surface area (Å²) in [5.41, 5.74) is 2.37. The maximum absolute atomic E-state index is 12.9. The molecule has 6 heteroatoms. The molecule has 1 unspecified atom stereocenters. The van der Waals surface area contributed by atoms with Crippen LogP contribution in [-0.2, 0) is 7.05 Å². The van der Waals surface area contributed by atoms with Crippen LogP contribution < -0.4 is 5.32 Å². The number of aromatic nitrogens is 4. The number of nitrogens with one attached hydrogen (secondary N) is 1. The van der Waals surface area contributed by atoms with Crippen LogP contribution in [0.2, 0.25) is 0 Å². The minimum atomic E-state index is -0.348. The van der Waals surface area contributed by atoms with Crippen LogP contribution in [0.25, 0.3) is 5.69 Å². The van der Waals surface area contributed by atoms with Crippen molar-refractivity contribution in [2.75, 3.05) is 0 Å². The SMILES string of the molecule is Cn1ccnc1C(NC(=O)c1cnn(-c2ccccc2)c1)c1ccccc1. The molecule has 0 aliphatic rings. The van der Waals surface area contributed by atoms with Crippen molar-refractivity contribution >= 4 is 5.91 Å². The van der Waals surface area contributed by atoms with Crippen LogP contribution in [0, 0.1) is 0 Å². The van der Waals surface area contributed by atoms with Crippen LogP contribution in [0.15, 0.2) is 85.5 Å². The quantitative estimate of drug-likeness (QED) is 0.597. The molecular formula is C21H19N5O. The minimum absolute atomic E-state index is 0.200. The predicted molar refractivity (Wildman–Crippen MR) is 103 cm³/mol. The van der Waals surface area contributed by atoms with Gasteiger partial charge >= 0.3 is 0 Å². The van der Waals surface area contributed by atoms with Crippen molar-refractivity contribution in [3.8, 4) is 5.69 Å². The fourth-order valence-corrected chi connectivity index (χ4v) is 2.97. The highest BCUT2D eigenvalue weighted by atomic mass is 16.1. The molecule has 0 saturated carbocycles. The number of carbonyl (C=O) groups is 1. The molecule has 2 aromatic heterocycles. The van der Waals surface area contributed by atoms with Crippen molar-refractivity contribution in [3.63, 3.8) is 0 Å². The van der Waals surface area contributed by atoms with Crippen molar-refractivity contribution in [2.24, 2.45) is 7.05 Å². The smallest absolute Gasteiger partial charge is 0.255 e. The fourth-order valence-electron chi connectivity index (χ4n) is 2.97. The van der Waals surface area contributed by atoms with E-state index in [4.69, 9.17) is 0 Å². The van der Waals surface area contributed by atoms with Gasteiger partial charge in [-0.1, -0.05) is 48.5 Å². The molecular weight excluding hydrogens is 338 g/mol. The Labute approximate surface area is 157 Å². The summed E-state index contributed by atoms with van der Waals surface area (Å²) in [5.74, 6) is 0.569. The van der Waals surface area contributed by atoms with E-state index in [1.807, 2.05) is 78.5 Å². The maximum Gasteiger partial charge on any atom is 0.255 e. The lowest BCUT2D eigenvalue weighted by atomic mass is 10.1. The Morgan fingerprint density at radius 2 is 1.74 bits per heavy atom. The zero-order valence-electron chi connectivity index (χ0n) is 14.9. The maximum atomic E-state index is 12.9. The van der Waals surface area contributed by atoms with E-state index >= 15 is 0 Å². The number of aryl methyl sites for hydroxylation is 1. The van der Waals surface area contributed by atoms with Crippen LogP contribution in [0.4, 0.5) is 0 Å². The Morgan fingerprint density at radius 3 is 2.41 bits per heavy atom. The van der Waals surface area contributed by atoms with Gasteiger partial charge in [0.25, 0.3) is 5.91 Å². The van der Waals surface area contributed by atoms with Gasteiger partial charge in [-0.2, -0.15) is 5.10 Å². The summed E-state index contributed by atoms with van der Waals surface area (Å²) in [6.45, 7) is 0. The van der Waals surface area contributed by atoms with Gasteiger partial charge in [0.2, 0.25) is 0 Å². The van der Waals surface area contributed by atoms with Gasteiger partial charge in [-0.3, -0.25) is 4.79 Å². The average molecular weight is 357 g/mol. The van der Waals surface area contributed by atoms with Crippen LogP contribution in [0.5, 0.6) is 0 Å². The van der Waals surface area contributed by atoms with Gasteiger partial charge in [0.05, 0.1) is 17.4 Å². The van der Waals surface area contributed by atoms with Gasteiger partial charge in [0.15, 0.2) is 0 Å². The number of hydrogen-bond donors (Lipinski definition) is 1. The Balaban J connectivity index is 1.61. The van der Waals surface area contributed by atoms with Crippen LogP contribution in [-0.4, -0.2) is 25.2 Å². The minimum Gasteiger partial charge on any atom is -0.338 e. The van der Waals surface area contributed by atoms with E-state index in [-0.39, 0.29) is 11.9 Å². The molecule has 4 rings (SSSR count). The van der Waals surface area contributed by atoms with Crippen molar-refractivity contribution < 1.29 is 4.79 Å². The number of benzene rings is 2. The predicted octanol–water partition coefficient (Wildman–Crippen LogP) is 3.13. The normalized spacial score (nSPS) is 11.9. The largest absolute Gasteiger partial charge is 0.338 e. The van der Waals surface area contributed by atoms with Gasteiger partial charge in [0, 0.05) is 25.6 Å². The lowest BCUT2D eigenvalue weighted by Crippen LogP contribution is -2.30. The number of carbonyl (C=O) groups excluding carboxylic acids is 1. The van der Waals surface area contributed by atoms with E-state index in [0.29, 0.717) is 5.56 Å². The number of amides is 1. The van der Waals surface area contributed by atoms with Gasteiger partial charge < -0.3 is 9.88 Å². The van der Waals surface area contributed by atoms with Crippen LogP contribution >= 0.6 is 0 Å². The number of rotatable bonds is 5. The summed E-state index contributed by atoms with van der Waals surface area (Å²) in [5, 5.41) is 7.38. The Kier molecular flexibility index (Phi) is 4.53. The van der Waals surface area contributed by atoms with Gasteiger partial charge in [-0.25, -0.2) is 9.67 Å². The second-order valence-corrected chi connectivity index (χ2v) is 6.22. The molecule has 1 atom stereocenters. The monoisotopic (exact) mass is 357 g/mol. The molecule has 1 amide bonds. The Morgan fingerprint density at radius 1 is 1.04 bits per heavy atom. The first-order valence-electron chi connectivity index (χ1n) is 8.65. The molecule has 27 heavy (non-hydrogen) atoms. The van der Waals surface area contributed by atoms with E-state index in [0.717, 1.165) is 17.1 Å². The highest BCUT2D eigenvalue weighted by Crippen LogP contribution is 2.21. The second-order valence-electron chi connectivity index (χ2n) is 6.22. The third-order valence-electron chi connectivity index (χ3n) is 4.39. The Bertz CT molecular complexity index is 1040. The van der Waals surface area contributed by atoms with Crippen molar-refractivity contribution in [3.05, 3.63) is 102 Å². The Hall–Kier alpha value is -3.67. The van der Waals surface area contributed by atoms with Gasteiger partial charge in [-0.05, 0) is 17.7 Å². The summed E-state index contributed by atoms with van der Waals surface area (Å²) in [7, 11) is 1.91. The number of hydrogen-bond acceptors (Lipinski definition) is 3. The number of imidazole rings is 1. The molecule has 0 saturated heterocycles. The number of para-hydroxylation sites is 1. The molecule has 0 aliphatic heterocycles. The lowest BCUT2D eigenvalue weighted by molar-refractivity contribution is 0.0941. The first-order chi connectivity index (χ1) is 13.2. The first-order valence-corrected chi connectivity index (χ1v) is 8.65. The molecule has 4 aromatic rings. The van der Waals surface area contributed by atoms with Gasteiger partial charge in [0.1, 0.15) is 11.9 Å². The molecule has 0 radical (unpaired) electrons. The number of nitrogens with zero attached hydrogens (tertiary/aromatic N) is 4. The van der Waals surface area contributed by atoms with Crippen molar-refractivity contribution in [1.29, 1.82) is 0 Å². The standard InChI is InChI=1S/C21H19N5O/c1-25-13-12-22-20(25)19(16-8-4-2-5-9-16)24-21(27)17-14-23-26(15-17)18-10-6-3-7-11-18/h2-15,19H,1H3,(H,24,27). The fraction of sp³-hybridized carbons (Fsp3) is 0.0952. The summed E-state index contributed by atoms with van der Waals surface area (Å²) in [6.07, 6.45) is 6.89. The van der Waals surface area contributed by atoms with E-state index in [2.05, 4.69) is 15.4 Å². The lowest BCUT2D eigenvalue weighted by Gasteiger charge is -2.18. The molecule has 0 aliphatic carbocycles. The third-order valence-corrected chi connectivity index (χ3v) is 4.39. The van der Waals surface area contributed by atoms with E-state index in [1.54, 1.807) is 23.3 Å². The summed E-state index contributed by atoms with van der Waals surface area (Å²) in [4.78, 5) is 17.3. The van der Waals surface area contributed by atoms with E-state index < -0.39 is 0 Å². The van der Waals surface area contributed by atoms with Crippen molar-refractivity contribution in [2.45, 2.75) is 6.04 Å². The molecule has 6 nitrogen and oxygen atoms in total. The first kappa shape index (κ1) is 16.8. The van der Waals surface area contributed by atoms with Gasteiger partial charge in [-0.15, -0.1) is 0 Å². The molecule has 0 bridgehead atoms. The molecule has 1 N–H and O–H groups in total. The zero-order valence-corrected chi connectivity index (χ0v) is 14.9. The highest BCUT2D eigenvalue weighted by molar-refractivity contribution is 5.94. The van der Waals surface area contributed by atoms with Crippen LogP contribution in [0.3, 0.4) is 0 Å². The van der Waals surface area contributed by atoms with E-state index in [1.165, 1.54) is 0 Å². The highest BCUT2D eigenvalue weighted by Gasteiger charge is 2.22. The molecule has 0 spiro atoms. The second kappa shape index (κ2) is 7.29. The third kappa shape index (κ3) is 3.50. The molecule has 0 fully saturated rings. The summed E-state index contributed by atoms with van der Waals surface area (Å²) in [6, 6.07) is 19.1. The molecule has 2 aromatic carbocycles. The zero-order chi connectivity index (χ0) is 18.6. The van der Waals surface area contributed by atoms with E-state index in [9.17, 15) is 4.79 Å². The summed E-state index contributed by atoms with van der Waals surface area (Å²) < 4.78 is 3.60. The molecule has 134 valence electrons. The average Bonchev–Trinajstić information content (AvgIpc) is 3.37. The topological polar surface area (TPSA) is 64.7 Å². The summed E-state index contributed by atoms with van der Waals surface area (Å²) >= 11 is 0. The van der Waals surface area contributed by atoms with Crippen LogP contribution in [0.1, 0.15) is 27.8 Å².